The summed E-state index contributed by atoms with van der Waals surface area (Å²) in [6, 6.07) is 19.8. The van der Waals surface area contributed by atoms with Gasteiger partial charge in [-0.3, -0.25) is 14.3 Å². The first-order chi connectivity index (χ1) is 15.6. The van der Waals surface area contributed by atoms with Crippen LogP contribution in [0.4, 0.5) is 0 Å². The fourth-order valence-electron chi connectivity index (χ4n) is 3.81. The molecule has 0 radical (unpaired) electrons. The number of thiophene rings is 1. The Bertz CT molecular complexity index is 1250. The minimum atomic E-state index is -0.188. The molecule has 0 spiro atoms. The highest BCUT2D eigenvalue weighted by atomic mass is 32.1. The summed E-state index contributed by atoms with van der Waals surface area (Å²) < 4.78 is 1.72. The van der Waals surface area contributed by atoms with Crippen molar-refractivity contribution in [2.75, 3.05) is 0 Å². The Morgan fingerprint density at radius 1 is 1.06 bits per heavy atom. The number of carbonyl (C=O) groups is 1. The Labute approximate surface area is 191 Å². The van der Waals surface area contributed by atoms with Crippen molar-refractivity contribution in [1.82, 2.24) is 15.1 Å². The zero-order valence-electron chi connectivity index (χ0n) is 18.3. The molecule has 0 bridgehead atoms. The summed E-state index contributed by atoms with van der Waals surface area (Å²) in [6.07, 6.45) is 2.68. The zero-order valence-corrected chi connectivity index (χ0v) is 19.1. The van der Waals surface area contributed by atoms with Gasteiger partial charge in [0.05, 0.1) is 24.3 Å². The first-order valence-electron chi connectivity index (χ1n) is 10.9. The third kappa shape index (κ3) is 4.81. The van der Waals surface area contributed by atoms with Crippen LogP contribution in [0.15, 0.2) is 77.0 Å². The molecule has 1 N–H and O–H groups in total. The number of carbonyl (C=O) groups excluding carboxylic acids is 1. The van der Waals surface area contributed by atoms with E-state index in [9.17, 15) is 9.59 Å². The molecule has 4 aromatic rings. The average molecular weight is 446 g/mol. The number of amides is 1. The van der Waals surface area contributed by atoms with Crippen molar-refractivity contribution in [3.8, 4) is 0 Å². The average Bonchev–Trinajstić information content (AvgIpc) is 3.37. The second-order valence-electron chi connectivity index (χ2n) is 7.99. The van der Waals surface area contributed by atoms with E-state index in [1.54, 1.807) is 22.1 Å². The number of aryl methyl sites for hydroxylation is 1. The predicted octanol–water partition coefficient (Wildman–Crippen LogP) is 5.27. The smallest absolute Gasteiger partial charge is 0.222 e. The van der Waals surface area contributed by atoms with E-state index < -0.39 is 0 Å². The van der Waals surface area contributed by atoms with Crippen LogP contribution >= 0.6 is 11.3 Å². The van der Waals surface area contributed by atoms with Crippen LogP contribution in [0.1, 0.15) is 54.7 Å². The highest BCUT2D eigenvalue weighted by Crippen LogP contribution is 2.28. The number of hydrogen-bond donors (Lipinski definition) is 1. The maximum absolute atomic E-state index is 12.9. The summed E-state index contributed by atoms with van der Waals surface area (Å²) >= 11 is 1.63. The molecule has 2 atom stereocenters. The Morgan fingerprint density at radius 3 is 2.53 bits per heavy atom. The molecule has 0 saturated heterocycles. The lowest BCUT2D eigenvalue weighted by Gasteiger charge is -2.19. The minimum Gasteiger partial charge on any atom is -0.344 e. The van der Waals surface area contributed by atoms with Gasteiger partial charge < -0.3 is 5.32 Å². The number of rotatable bonds is 8. The zero-order chi connectivity index (χ0) is 22.5. The van der Waals surface area contributed by atoms with E-state index in [2.05, 4.69) is 54.6 Å². The first-order valence-corrected chi connectivity index (χ1v) is 11.8. The topological polar surface area (TPSA) is 64.0 Å². The van der Waals surface area contributed by atoms with Crippen molar-refractivity contribution in [1.29, 1.82) is 0 Å². The summed E-state index contributed by atoms with van der Waals surface area (Å²) in [4.78, 5) is 26.0. The summed E-state index contributed by atoms with van der Waals surface area (Å²) in [5.41, 5.74) is 3.01. The number of aromatic nitrogens is 2. The summed E-state index contributed by atoms with van der Waals surface area (Å²) in [5, 5.41) is 10.1. The van der Waals surface area contributed by atoms with Gasteiger partial charge in [0.1, 0.15) is 0 Å². The van der Waals surface area contributed by atoms with E-state index in [1.165, 1.54) is 11.8 Å². The van der Waals surface area contributed by atoms with Crippen LogP contribution in [-0.2, 0) is 11.3 Å². The van der Waals surface area contributed by atoms with Crippen molar-refractivity contribution in [3.05, 3.63) is 98.5 Å². The van der Waals surface area contributed by atoms with Crippen molar-refractivity contribution in [3.63, 3.8) is 0 Å². The van der Waals surface area contributed by atoms with Gasteiger partial charge in [0.25, 0.3) is 0 Å². The SMILES string of the molecule is CC[C@@H](C)c1ccc([C@H](NC(=O)CCn2ncc(=O)c3ccccc32)c2cccs2)cc1. The highest BCUT2D eigenvalue weighted by molar-refractivity contribution is 7.10. The molecule has 0 aliphatic heterocycles. The molecule has 2 heterocycles. The van der Waals surface area contributed by atoms with Crippen molar-refractivity contribution < 1.29 is 4.79 Å². The minimum absolute atomic E-state index is 0.0565. The van der Waals surface area contributed by atoms with Crippen LogP contribution in [-0.4, -0.2) is 15.7 Å². The van der Waals surface area contributed by atoms with Gasteiger partial charge in [-0.2, -0.15) is 5.10 Å². The molecular weight excluding hydrogens is 418 g/mol. The van der Waals surface area contributed by atoms with Crippen LogP contribution in [0.25, 0.3) is 10.9 Å². The van der Waals surface area contributed by atoms with E-state index in [0.717, 1.165) is 22.4 Å². The second-order valence-corrected chi connectivity index (χ2v) is 8.97. The van der Waals surface area contributed by atoms with Crippen molar-refractivity contribution in [2.45, 2.75) is 45.2 Å². The number of fused-ring (bicyclic) bond motifs is 1. The van der Waals surface area contributed by atoms with Crippen LogP contribution in [0.5, 0.6) is 0 Å². The molecule has 0 fully saturated rings. The molecule has 6 heteroatoms. The van der Waals surface area contributed by atoms with Crippen LogP contribution < -0.4 is 10.7 Å². The summed E-state index contributed by atoms with van der Waals surface area (Å²) in [6.45, 7) is 4.81. The quantitative estimate of drug-likeness (QED) is 0.402. The lowest BCUT2D eigenvalue weighted by atomic mass is 9.95. The van der Waals surface area contributed by atoms with E-state index in [0.29, 0.717) is 17.8 Å². The molecule has 32 heavy (non-hydrogen) atoms. The van der Waals surface area contributed by atoms with Gasteiger partial charge in [-0.1, -0.05) is 56.3 Å². The van der Waals surface area contributed by atoms with Gasteiger partial charge in [-0.15, -0.1) is 11.3 Å². The Hall–Kier alpha value is -3.25. The molecule has 5 nitrogen and oxygen atoms in total. The maximum Gasteiger partial charge on any atom is 0.222 e. The molecule has 4 rings (SSSR count). The Kier molecular flexibility index (Phi) is 6.81. The number of benzene rings is 2. The predicted molar refractivity (Wildman–Crippen MR) is 130 cm³/mol. The van der Waals surface area contributed by atoms with Crippen LogP contribution in [0.3, 0.4) is 0 Å². The Morgan fingerprint density at radius 2 is 1.81 bits per heavy atom. The fourth-order valence-corrected chi connectivity index (χ4v) is 4.61. The molecule has 2 aromatic heterocycles. The van der Waals surface area contributed by atoms with Gasteiger partial charge in [0.2, 0.25) is 11.3 Å². The Balaban J connectivity index is 1.50. The third-order valence-corrected chi connectivity index (χ3v) is 6.83. The van der Waals surface area contributed by atoms with Crippen molar-refractivity contribution in [2.24, 2.45) is 0 Å². The fraction of sp³-hybridized carbons (Fsp3) is 0.269. The number of nitrogens with zero attached hydrogens (tertiary/aromatic N) is 2. The number of para-hydroxylation sites is 1. The van der Waals surface area contributed by atoms with Crippen molar-refractivity contribution >= 4 is 28.1 Å². The maximum atomic E-state index is 12.9. The second kappa shape index (κ2) is 9.92. The third-order valence-electron chi connectivity index (χ3n) is 5.90. The standard InChI is InChI=1S/C26H27N3O2S/c1-3-18(2)19-10-12-20(13-11-19)26(24-9-6-16-32-24)28-25(31)14-15-29-22-8-5-4-7-21(22)23(30)17-27-29/h4-13,16-18,26H,3,14-15H2,1-2H3,(H,28,31)/t18-,26+/m1/s1. The van der Waals surface area contributed by atoms with E-state index in [-0.39, 0.29) is 23.8 Å². The molecule has 0 aliphatic rings. The molecule has 164 valence electrons. The summed E-state index contributed by atoms with van der Waals surface area (Å²) in [7, 11) is 0. The van der Waals surface area contributed by atoms with Crippen LogP contribution in [0, 0.1) is 0 Å². The van der Waals surface area contributed by atoms with Gasteiger partial charge in [0, 0.05) is 16.7 Å². The van der Waals surface area contributed by atoms with Gasteiger partial charge in [-0.25, -0.2) is 0 Å². The normalized spacial score (nSPS) is 13.1. The van der Waals surface area contributed by atoms with Gasteiger partial charge in [-0.05, 0) is 47.0 Å². The molecule has 2 aromatic carbocycles. The molecule has 0 unspecified atom stereocenters. The van der Waals surface area contributed by atoms with E-state index in [4.69, 9.17) is 0 Å². The largest absolute Gasteiger partial charge is 0.344 e. The lowest BCUT2D eigenvalue weighted by Crippen LogP contribution is -2.30. The molecule has 1 amide bonds. The summed E-state index contributed by atoms with van der Waals surface area (Å²) in [5.74, 6) is 0.456. The number of nitrogens with one attached hydrogen (secondary N) is 1. The van der Waals surface area contributed by atoms with Gasteiger partial charge >= 0.3 is 0 Å². The molecule has 0 saturated carbocycles. The van der Waals surface area contributed by atoms with E-state index in [1.807, 2.05) is 29.6 Å². The lowest BCUT2D eigenvalue weighted by molar-refractivity contribution is -0.121. The van der Waals surface area contributed by atoms with Crippen LogP contribution in [0.2, 0.25) is 0 Å². The van der Waals surface area contributed by atoms with E-state index >= 15 is 0 Å². The molecule has 0 aliphatic carbocycles. The highest BCUT2D eigenvalue weighted by Gasteiger charge is 2.18. The van der Waals surface area contributed by atoms with Gasteiger partial charge in [0.15, 0.2) is 0 Å². The number of hydrogen-bond acceptors (Lipinski definition) is 4. The molecular formula is C26H27N3O2S. The first kappa shape index (κ1) is 22.0. The monoisotopic (exact) mass is 445 g/mol.